The molecule has 0 saturated heterocycles. The van der Waals surface area contributed by atoms with Crippen molar-refractivity contribution in [1.82, 2.24) is 0 Å². The minimum atomic E-state index is 0.926. The van der Waals surface area contributed by atoms with Crippen LogP contribution in [0.4, 0.5) is 0 Å². The van der Waals surface area contributed by atoms with Gasteiger partial charge in [-0.05, 0) is 24.1 Å². The van der Waals surface area contributed by atoms with Gasteiger partial charge >= 0.3 is 0 Å². The molecule has 0 aliphatic carbocycles. The molecule has 124 valence electrons. The van der Waals surface area contributed by atoms with Gasteiger partial charge in [0.15, 0.2) is 6.54 Å². The highest BCUT2D eigenvalue weighted by Gasteiger charge is 2.29. The number of para-hydroxylation sites is 1. The van der Waals surface area contributed by atoms with Crippen molar-refractivity contribution in [3.8, 4) is 11.1 Å². The molecule has 0 fully saturated rings. The maximum Gasteiger partial charge on any atom is 0.213 e. The average molecular weight is 334 g/mol. The standard InChI is InChI=1S/C25H20N/c1-18-24-16-21(19-10-4-2-5-11-19)17-26(24)23-15-9-8-14-22(23)25(18)20-12-6-3-7-13-20/h2-16H,17H2,1H3/q+1. The summed E-state index contributed by atoms with van der Waals surface area (Å²) in [5.41, 5.74) is 9.28. The van der Waals surface area contributed by atoms with E-state index in [1.165, 1.54) is 44.4 Å². The molecule has 1 heteroatoms. The maximum absolute atomic E-state index is 2.46. The van der Waals surface area contributed by atoms with Crippen LogP contribution in [-0.4, -0.2) is 0 Å². The molecule has 0 atom stereocenters. The molecule has 0 spiro atoms. The van der Waals surface area contributed by atoms with Crippen LogP contribution in [-0.2, 0) is 6.54 Å². The average Bonchev–Trinajstić information content (AvgIpc) is 3.16. The van der Waals surface area contributed by atoms with Crippen LogP contribution in [0.15, 0.2) is 84.9 Å². The Morgan fingerprint density at radius 3 is 2.04 bits per heavy atom. The smallest absolute Gasteiger partial charge is 0.187 e. The highest BCUT2D eigenvalue weighted by molar-refractivity contribution is 5.97. The molecular weight excluding hydrogens is 314 g/mol. The van der Waals surface area contributed by atoms with Crippen molar-refractivity contribution in [2.75, 3.05) is 0 Å². The van der Waals surface area contributed by atoms with Gasteiger partial charge in [0.2, 0.25) is 11.2 Å². The van der Waals surface area contributed by atoms with Crippen LogP contribution in [0.3, 0.4) is 0 Å². The molecule has 5 rings (SSSR count). The van der Waals surface area contributed by atoms with Crippen molar-refractivity contribution in [1.29, 1.82) is 0 Å². The Hall–Kier alpha value is -3.19. The molecule has 1 aromatic heterocycles. The number of pyridine rings is 1. The summed E-state index contributed by atoms with van der Waals surface area (Å²) < 4.78 is 2.46. The first-order valence-corrected chi connectivity index (χ1v) is 9.09. The third-order valence-electron chi connectivity index (χ3n) is 5.36. The topological polar surface area (TPSA) is 3.88 Å². The molecule has 0 unspecified atom stereocenters. The summed E-state index contributed by atoms with van der Waals surface area (Å²) in [6.45, 7) is 3.18. The number of allylic oxidation sites excluding steroid dienone is 1. The highest BCUT2D eigenvalue weighted by atomic mass is 15.0. The van der Waals surface area contributed by atoms with E-state index >= 15 is 0 Å². The van der Waals surface area contributed by atoms with Gasteiger partial charge in [-0.2, -0.15) is 4.57 Å². The van der Waals surface area contributed by atoms with Gasteiger partial charge in [0.1, 0.15) is 0 Å². The summed E-state index contributed by atoms with van der Waals surface area (Å²) >= 11 is 0. The van der Waals surface area contributed by atoms with E-state index in [4.69, 9.17) is 0 Å². The molecule has 0 saturated carbocycles. The zero-order chi connectivity index (χ0) is 17.5. The minimum Gasteiger partial charge on any atom is -0.187 e. The normalized spacial score (nSPS) is 12.9. The summed E-state index contributed by atoms with van der Waals surface area (Å²) in [5.74, 6) is 0. The molecule has 4 aromatic rings. The van der Waals surface area contributed by atoms with Crippen LogP contribution in [0.1, 0.15) is 16.8 Å². The fraction of sp³-hybridized carbons (Fsp3) is 0.0800. The van der Waals surface area contributed by atoms with Gasteiger partial charge in [-0.25, -0.2) is 0 Å². The molecule has 1 aliphatic rings. The molecule has 2 heterocycles. The quantitative estimate of drug-likeness (QED) is 0.417. The van der Waals surface area contributed by atoms with Crippen LogP contribution >= 0.6 is 0 Å². The summed E-state index contributed by atoms with van der Waals surface area (Å²) in [5, 5.41) is 1.32. The van der Waals surface area contributed by atoms with E-state index in [0.29, 0.717) is 0 Å². The fourth-order valence-electron chi connectivity index (χ4n) is 4.12. The summed E-state index contributed by atoms with van der Waals surface area (Å²) in [7, 11) is 0. The Morgan fingerprint density at radius 1 is 0.692 bits per heavy atom. The first kappa shape index (κ1) is 15.1. The van der Waals surface area contributed by atoms with Gasteiger partial charge in [0.25, 0.3) is 0 Å². The minimum absolute atomic E-state index is 0.926. The summed E-state index contributed by atoms with van der Waals surface area (Å²) in [6, 6.07) is 30.2. The number of hydrogen-bond donors (Lipinski definition) is 0. The molecule has 1 nitrogen and oxygen atoms in total. The summed E-state index contributed by atoms with van der Waals surface area (Å²) in [6.07, 6.45) is 2.36. The number of fused-ring (bicyclic) bond motifs is 3. The van der Waals surface area contributed by atoms with Crippen molar-refractivity contribution < 1.29 is 4.57 Å². The van der Waals surface area contributed by atoms with Crippen LogP contribution in [0.5, 0.6) is 0 Å². The lowest BCUT2D eigenvalue weighted by Gasteiger charge is -2.11. The van der Waals surface area contributed by atoms with Crippen molar-refractivity contribution >= 4 is 22.6 Å². The highest BCUT2D eigenvalue weighted by Crippen LogP contribution is 2.35. The monoisotopic (exact) mass is 334 g/mol. The van der Waals surface area contributed by atoms with Gasteiger partial charge < -0.3 is 0 Å². The Balaban J connectivity index is 1.80. The van der Waals surface area contributed by atoms with E-state index in [2.05, 4.69) is 102 Å². The van der Waals surface area contributed by atoms with Gasteiger partial charge in [0, 0.05) is 28.8 Å². The maximum atomic E-state index is 2.46. The van der Waals surface area contributed by atoms with E-state index in [9.17, 15) is 0 Å². The number of hydrogen-bond acceptors (Lipinski definition) is 0. The van der Waals surface area contributed by atoms with Gasteiger partial charge in [-0.15, -0.1) is 0 Å². The van der Waals surface area contributed by atoms with E-state index < -0.39 is 0 Å². The Bertz CT molecular complexity index is 1140. The second-order valence-corrected chi connectivity index (χ2v) is 6.89. The fourth-order valence-corrected chi connectivity index (χ4v) is 4.12. The first-order valence-electron chi connectivity index (χ1n) is 9.09. The summed E-state index contributed by atoms with van der Waals surface area (Å²) in [4.78, 5) is 0. The third-order valence-corrected chi connectivity index (χ3v) is 5.36. The van der Waals surface area contributed by atoms with Crippen molar-refractivity contribution in [2.24, 2.45) is 0 Å². The van der Waals surface area contributed by atoms with Crippen LogP contribution in [0.2, 0.25) is 0 Å². The number of nitrogens with zero attached hydrogens (tertiary/aromatic N) is 1. The molecule has 0 radical (unpaired) electrons. The largest absolute Gasteiger partial charge is 0.213 e. The van der Waals surface area contributed by atoms with E-state index in [1.54, 1.807) is 0 Å². The molecule has 1 aliphatic heterocycles. The van der Waals surface area contributed by atoms with E-state index in [0.717, 1.165) is 6.54 Å². The van der Waals surface area contributed by atoms with E-state index in [1.807, 2.05) is 0 Å². The molecule has 0 N–H and O–H groups in total. The van der Waals surface area contributed by atoms with Gasteiger partial charge in [0.05, 0.1) is 5.39 Å². The van der Waals surface area contributed by atoms with Gasteiger partial charge in [-0.3, -0.25) is 0 Å². The van der Waals surface area contributed by atoms with Gasteiger partial charge in [-0.1, -0.05) is 72.8 Å². The number of aromatic nitrogens is 1. The second kappa shape index (κ2) is 5.96. The van der Waals surface area contributed by atoms with Crippen LogP contribution in [0.25, 0.3) is 33.7 Å². The molecule has 0 amide bonds. The second-order valence-electron chi connectivity index (χ2n) is 6.89. The lowest BCUT2D eigenvalue weighted by atomic mass is 9.94. The van der Waals surface area contributed by atoms with Crippen molar-refractivity contribution in [2.45, 2.75) is 13.5 Å². The van der Waals surface area contributed by atoms with E-state index in [-0.39, 0.29) is 0 Å². The SMILES string of the molecule is Cc1c(-c2ccccc2)c2ccccc2[n+]2c1C=C(c1ccccc1)C2. The van der Waals surface area contributed by atoms with Crippen molar-refractivity contribution in [3.05, 3.63) is 102 Å². The molecule has 26 heavy (non-hydrogen) atoms. The van der Waals surface area contributed by atoms with Crippen LogP contribution in [0, 0.1) is 6.92 Å². The molecular formula is C25H20N+. The zero-order valence-electron chi connectivity index (χ0n) is 14.8. The number of rotatable bonds is 2. The Morgan fingerprint density at radius 2 is 1.31 bits per heavy atom. The third kappa shape index (κ3) is 2.28. The number of benzene rings is 3. The van der Waals surface area contributed by atoms with Crippen LogP contribution < -0.4 is 4.57 Å². The lowest BCUT2D eigenvalue weighted by molar-refractivity contribution is -0.656. The molecule has 3 aromatic carbocycles. The zero-order valence-corrected chi connectivity index (χ0v) is 14.8. The predicted octanol–water partition coefficient (Wildman–Crippen LogP) is 5.66. The Labute approximate surface area is 153 Å². The molecule has 0 bridgehead atoms. The predicted molar refractivity (Wildman–Crippen MR) is 109 cm³/mol. The van der Waals surface area contributed by atoms with Crippen molar-refractivity contribution in [3.63, 3.8) is 0 Å². The Kier molecular flexibility index (Phi) is 3.46. The lowest BCUT2D eigenvalue weighted by Crippen LogP contribution is -2.36. The first-order chi connectivity index (χ1) is 12.8.